The van der Waals surface area contributed by atoms with Gasteiger partial charge in [0.1, 0.15) is 0 Å². The molecule has 2 aromatic carbocycles. The molecule has 0 aromatic heterocycles. The Bertz CT molecular complexity index is 899. The highest BCUT2D eigenvalue weighted by molar-refractivity contribution is 6.35. The van der Waals surface area contributed by atoms with Crippen molar-refractivity contribution in [2.45, 2.75) is 32.4 Å². The molecule has 0 spiro atoms. The molecule has 1 fully saturated rings. The van der Waals surface area contributed by atoms with E-state index in [2.05, 4.69) is 10.6 Å². The Morgan fingerprint density at radius 3 is 2.32 bits per heavy atom. The van der Waals surface area contributed by atoms with Gasteiger partial charge in [-0.15, -0.1) is 0 Å². The summed E-state index contributed by atoms with van der Waals surface area (Å²) in [7, 11) is 0. The molecule has 0 aliphatic carbocycles. The maximum Gasteiger partial charge on any atom is 0.319 e. The Hall–Kier alpha value is -2.57. The van der Waals surface area contributed by atoms with Crippen LogP contribution < -0.4 is 10.6 Å². The molecule has 6 nitrogen and oxygen atoms in total. The van der Waals surface area contributed by atoms with Gasteiger partial charge in [-0.2, -0.15) is 0 Å². The maximum atomic E-state index is 12.2. The second-order valence-electron chi connectivity index (χ2n) is 6.56. The van der Waals surface area contributed by atoms with Crippen LogP contribution in [0, 0.1) is 0 Å². The van der Waals surface area contributed by atoms with Crippen molar-refractivity contribution >= 4 is 46.7 Å². The molecule has 2 N–H and O–H groups in total. The first-order valence-corrected chi connectivity index (χ1v) is 9.53. The van der Waals surface area contributed by atoms with E-state index in [-0.39, 0.29) is 43.3 Å². The van der Waals surface area contributed by atoms with Gasteiger partial charge in [0.15, 0.2) is 0 Å². The molecule has 1 heterocycles. The lowest BCUT2D eigenvalue weighted by molar-refractivity contribution is -0.139. The van der Waals surface area contributed by atoms with Crippen molar-refractivity contribution < 1.29 is 14.4 Å². The van der Waals surface area contributed by atoms with Gasteiger partial charge in [0.2, 0.25) is 11.8 Å². The van der Waals surface area contributed by atoms with Crippen LogP contribution in [0.1, 0.15) is 36.9 Å². The second-order valence-corrected chi connectivity index (χ2v) is 7.40. The van der Waals surface area contributed by atoms with Crippen LogP contribution in [-0.2, 0) is 16.1 Å². The number of carbonyl (C=O) groups excluding carboxylic acids is 3. The number of benzene rings is 2. The molecule has 146 valence electrons. The first kappa shape index (κ1) is 20.2. The fourth-order valence-corrected chi connectivity index (χ4v) is 3.54. The molecule has 1 saturated heterocycles. The van der Waals surface area contributed by atoms with E-state index in [4.69, 9.17) is 23.2 Å². The minimum absolute atomic E-state index is 0.151. The van der Waals surface area contributed by atoms with Crippen molar-refractivity contribution in [2.24, 2.45) is 0 Å². The maximum absolute atomic E-state index is 12.2. The predicted octanol–water partition coefficient (Wildman–Crippen LogP) is 4.53. The number of amides is 4. The summed E-state index contributed by atoms with van der Waals surface area (Å²) < 4.78 is 0. The number of urea groups is 1. The van der Waals surface area contributed by atoms with Crippen LogP contribution in [0.2, 0.25) is 10.0 Å². The average molecular weight is 420 g/mol. The highest BCUT2D eigenvalue weighted by atomic mass is 35.5. The zero-order chi connectivity index (χ0) is 20.3. The molecule has 4 amide bonds. The van der Waals surface area contributed by atoms with Crippen molar-refractivity contribution in [2.75, 3.05) is 5.32 Å². The fraction of sp³-hybridized carbons (Fsp3) is 0.250. The first-order valence-electron chi connectivity index (χ1n) is 8.78. The summed E-state index contributed by atoms with van der Waals surface area (Å²) in [4.78, 5) is 36.9. The standard InChI is InChI=1S/C20H19Cl2N3O3/c1-12(16-7-4-14(21)10-17(16)22)23-20(28)24-15-5-2-13(3-6-15)11-25-18(26)8-9-19(25)27/h2-7,10,12H,8-9,11H2,1H3,(H2,23,24,28). The normalized spacial score (nSPS) is 14.9. The summed E-state index contributed by atoms with van der Waals surface area (Å²) >= 11 is 12.1. The van der Waals surface area contributed by atoms with E-state index in [0.717, 1.165) is 11.1 Å². The Labute approximate surface area is 172 Å². The third-order valence-electron chi connectivity index (χ3n) is 4.48. The molecule has 1 aliphatic heterocycles. The number of likely N-dealkylation sites (tertiary alicyclic amines) is 1. The highest BCUT2D eigenvalue weighted by Crippen LogP contribution is 2.26. The van der Waals surface area contributed by atoms with Crippen molar-refractivity contribution in [1.82, 2.24) is 10.2 Å². The molecule has 0 radical (unpaired) electrons. The quantitative estimate of drug-likeness (QED) is 0.698. The van der Waals surface area contributed by atoms with E-state index < -0.39 is 0 Å². The molecule has 1 aliphatic rings. The predicted molar refractivity (Wildman–Crippen MR) is 108 cm³/mol. The highest BCUT2D eigenvalue weighted by Gasteiger charge is 2.28. The van der Waals surface area contributed by atoms with Crippen LogP contribution in [-0.4, -0.2) is 22.7 Å². The van der Waals surface area contributed by atoms with Crippen LogP contribution in [0.15, 0.2) is 42.5 Å². The molecule has 3 rings (SSSR count). The number of hydrogen-bond donors (Lipinski definition) is 2. The molecule has 1 unspecified atom stereocenters. The summed E-state index contributed by atoms with van der Waals surface area (Å²) in [6.45, 7) is 2.07. The Balaban J connectivity index is 1.57. The number of hydrogen-bond acceptors (Lipinski definition) is 3. The van der Waals surface area contributed by atoms with Gasteiger partial charge < -0.3 is 10.6 Å². The van der Waals surface area contributed by atoms with Crippen molar-refractivity contribution in [3.8, 4) is 0 Å². The minimum atomic E-state index is -0.379. The van der Waals surface area contributed by atoms with Gasteiger partial charge in [-0.3, -0.25) is 14.5 Å². The lowest BCUT2D eigenvalue weighted by atomic mass is 10.1. The van der Waals surface area contributed by atoms with Gasteiger partial charge in [-0.05, 0) is 42.3 Å². The Morgan fingerprint density at radius 1 is 1.07 bits per heavy atom. The molecule has 2 aromatic rings. The molecule has 28 heavy (non-hydrogen) atoms. The summed E-state index contributed by atoms with van der Waals surface area (Å²) in [5.41, 5.74) is 2.17. The monoisotopic (exact) mass is 419 g/mol. The number of nitrogens with zero attached hydrogens (tertiary/aromatic N) is 1. The fourth-order valence-electron chi connectivity index (χ4n) is 2.97. The first-order chi connectivity index (χ1) is 13.3. The molecular weight excluding hydrogens is 401 g/mol. The summed E-state index contributed by atoms with van der Waals surface area (Å²) in [6.07, 6.45) is 0.545. The third kappa shape index (κ3) is 4.82. The van der Waals surface area contributed by atoms with Gasteiger partial charge in [-0.25, -0.2) is 4.79 Å². The van der Waals surface area contributed by atoms with Crippen LogP contribution in [0.25, 0.3) is 0 Å². The van der Waals surface area contributed by atoms with E-state index in [9.17, 15) is 14.4 Å². The van der Waals surface area contributed by atoms with Crippen molar-refractivity contribution in [3.63, 3.8) is 0 Å². The second kappa shape index (κ2) is 8.63. The number of nitrogens with one attached hydrogen (secondary N) is 2. The van der Waals surface area contributed by atoms with E-state index in [0.29, 0.717) is 15.7 Å². The van der Waals surface area contributed by atoms with Crippen molar-refractivity contribution in [1.29, 1.82) is 0 Å². The average Bonchev–Trinajstić information content (AvgIpc) is 2.95. The number of imide groups is 1. The van der Waals surface area contributed by atoms with E-state index in [1.54, 1.807) is 42.5 Å². The lowest BCUT2D eigenvalue weighted by Gasteiger charge is -2.17. The third-order valence-corrected chi connectivity index (χ3v) is 5.05. The molecule has 8 heteroatoms. The smallest absolute Gasteiger partial charge is 0.319 e. The SMILES string of the molecule is CC(NC(=O)Nc1ccc(CN2C(=O)CCC2=O)cc1)c1ccc(Cl)cc1Cl. The molecule has 1 atom stereocenters. The lowest BCUT2D eigenvalue weighted by Crippen LogP contribution is -2.31. The van der Waals surface area contributed by atoms with E-state index in [1.807, 2.05) is 6.92 Å². The number of halogens is 2. The van der Waals surface area contributed by atoms with Crippen LogP contribution in [0.3, 0.4) is 0 Å². The van der Waals surface area contributed by atoms with Gasteiger partial charge >= 0.3 is 6.03 Å². The van der Waals surface area contributed by atoms with Crippen LogP contribution in [0.4, 0.5) is 10.5 Å². The van der Waals surface area contributed by atoms with E-state index in [1.165, 1.54) is 4.90 Å². The Kier molecular flexibility index (Phi) is 6.21. The van der Waals surface area contributed by atoms with Crippen molar-refractivity contribution in [3.05, 3.63) is 63.6 Å². The summed E-state index contributed by atoms with van der Waals surface area (Å²) in [6, 6.07) is 11.4. The zero-order valence-electron chi connectivity index (χ0n) is 15.2. The number of carbonyl (C=O) groups is 3. The van der Waals surface area contributed by atoms with Gasteiger partial charge in [-0.1, -0.05) is 41.4 Å². The van der Waals surface area contributed by atoms with Crippen LogP contribution in [0.5, 0.6) is 0 Å². The summed E-state index contributed by atoms with van der Waals surface area (Å²) in [5.74, 6) is -0.303. The summed E-state index contributed by atoms with van der Waals surface area (Å²) in [5, 5.41) is 6.57. The van der Waals surface area contributed by atoms with E-state index >= 15 is 0 Å². The largest absolute Gasteiger partial charge is 0.331 e. The molecule has 0 bridgehead atoms. The molecule has 0 saturated carbocycles. The van der Waals surface area contributed by atoms with Gasteiger partial charge in [0, 0.05) is 28.6 Å². The number of rotatable bonds is 5. The van der Waals surface area contributed by atoms with Gasteiger partial charge in [0.25, 0.3) is 0 Å². The molecular formula is C20H19Cl2N3O3. The minimum Gasteiger partial charge on any atom is -0.331 e. The number of anilines is 1. The zero-order valence-corrected chi connectivity index (χ0v) is 16.7. The van der Waals surface area contributed by atoms with Gasteiger partial charge in [0.05, 0.1) is 12.6 Å². The topological polar surface area (TPSA) is 78.5 Å². The van der Waals surface area contributed by atoms with Crippen LogP contribution >= 0.6 is 23.2 Å². The Morgan fingerprint density at radius 2 is 1.71 bits per heavy atom.